The molecule has 4 aromatic rings. The second-order valence-electron chi connectivity index (χ2n) is 5.43. The molecule has 0 bridgehead atoms. The summed E-state index contributed by atoms with van der Waals surface area (Å²) in [6, 6.07) is 8.35. The average Bonchev–Trinajstić information content (AvgIpc) is 3.14. The van der Waals surface area contributed by atoms with E-state index in [-0.39, 0.29) is 0 Å². The summed E-state index contributed by atoms with van der Waals surface area (Å²) in [7, 11) is 1.87. The highest BCUT2D eigenvalue weighted by Crippen LogP contribution is 2.17. The highest BCUT2D eigenvalue weighted by Gasteiger charge is 2.08. The van der Waals surface area contributed by atoms with Crippen LogP contribution < -0.4 is 5.32 Å². The zero-order chi connectivity index (χ0) is 16.5. The Morgan fingerprint density at radius 3 is 2.88 bits per heavy atom. The van der Waals surface area contributed by atoms with E-state index in [1.165, 1.54) is 9.13 Å². The van der Waals surface area contributed by atoms with Crippen LogP contribution in [0.1, 0.15) is 5.56 Å². The van der Waals surface area contributed by atoms with Crippen molar-refractivity contribution in [1.82, 2.24) is 29.5 Å². The maximum Gasteiger partial charge on any atom is 0.229 e. The van der Waals surface area contributed by atoms with Crippen LogP contribution in [-0.2, 0) is 13.6 Å². The Balaban J connectivity index is 1.65. The zero-order valence-electron chi connectivity index (χ0n) is 12.9. The minimum atomic E-state index is 0.528. The maximum atomic E-state index is 4.60. The monoisotopic (exact) mass is 431 g/mol. The van der Waals surface area contributed by atoms with Crippen LogP contribution in [0.2, 0.25) is 0 Å². The molecule has 0 aliphatic carbocycles. The molecule has 0 saturated heterocycles. The van der Waals surface area contributed by atoms with Crippen LogP contribution in [0.15, 0.2) is 49.1 Å². The fourth-order valence-corrected chi connectivity index (χ4v) is 3.07. The summed E-state index contributed by atoms with van der Waals surface area (Å²) < 4.78 is 4.81. The van der Waals surface area contributed by atoms with E-state index in [2.05, 4.69) is 66.3 Å². The van der Waals surface area contributed by atoms with Crippen LogP contribution in [0.5, 0.6) is 0 Å². The van der Waals surface area contributed by atoms with Gasteiger partial charge in [0.1, 0.15) is 0 Å². The van der Waals surface area contributed by atoms with Crippen LogP contribution in [0, 0.1) is 3.57 Å². The van der Waals surface area contributed by atoms with Crippen molar-refractivity contribution in [3.05, 3.63) is 58.2 Å². The number of aromatic nitrogens is 6. The first kappa shape index (κ1) is 15.1. The Morgan fingerprint density at radius 1 is 1.17 bits per heavy atom. The summed E-state index contributed by atoms with van der Waals surface area (Å²) in [5.74, 6) is 0.528. The Kier molecular flexibility index (Phi) is 3.89. The summed E-state index contributed by atoms with van der Waals surface area (Å²) in [5.41, 5.74) is 2.84. The first-order chi connectivity index (χ1) is 11.7. The first-order valence-electron chi connectivity index (χ1n) is 7.36. The molecule has 0 radical (unpaired) electrons. The van der Waals surface area contributed by atoms with Gasteiger partial charge in [-0.25, -0.2) is 9.67 Å². The normalized spacial score (nSPS) is 11.1. The largest absolute Gasteiger partial charge is 0.321 e. The maximum absolute atomic E-state index is 4.60. The van der Waals surface area contributed by atoms with Crippen LogP contribution in [-0.4, -0.2) is 29.5 Å². The SMILES string of the molecule is Cn1cc(Nc2ncc3cnn(Cc4cccc(I)c4)c3n2)cn1. The van der Waals surface area contributed by atoms with Gasteiger partial charge in [0, 0.05) is 23.0 Å². The zero-order valence-corrected chi connectivity index (χ0v) is 15.0. The Bertz CT molecular complexity index is 1000. The fraction of sp³-hybridized carbons (Fsp3) is 0.125. The number of anilines is 2. The van der Waals surface area contributed by atoms with Crippen LogP contribution in [0.25, 0.3) is 11.0 Å². The predicted octanol–water partition coefficient (Wildman–Crippen LogP) is 2.96. The third kappa shape index (κ3) is 3.09. The van der Waals surface area contributed by atoms with Crippen molar-refractivity contribution in [3.63, 3.8) is 0 Å². The summed E-state index contributed by atoms with van der Waals surface area (Å²) in [5, 5.41) is 12.6. The number of aryl methyl sites for hydroxylation is 1. The van der Waals surface area contributed by atoms with E-state index >= 15 is 0 Å². The fourth-order valence-electron chi connectivity index (χ4n) is 2.47. The number of hydrogen-bond donors (Lipinski definition) is 1. The molecule has 7 nitrogen and oxygen atoms in total. The molecule has 8 heteroatoms. The van der Waals surface area contributed by atoms with E-state index in [1.54, 1.807) is 23.3 Å². The van der Waals surface area contributed by atoms with Gasteiger partial charge in [-0.15, -0.1) is 0 Å². The Morgan fingerprint density at radius 2 is 2.08 bits per heavy atom. The summed E-state index contributed by atoms with van der Waals surface area (Å²) in [4.78, 5) is 8.93. The van der Waals surface area contributed by atoms with Gasteiger partial charge in [0.2, 0.25) is 5.95 Å². The van der Waals surface area contributed by atoms with Crippen molar-refractivity contribution >= 4 is 45.3 Å². The van der Waals surface area contributed by atoms with Gasteiger partial charge >= 0.3 is 0 Å². The molecule has 0 unspecified atom stereocenters. The van der Waals surface area contributed by atoms with Crippen molar-refractivity contribution in [3.8, 4) is 0 Å². The molecule has 0 saturated carbocycles. The van der Waals surface area contributed by atoms with E-state index in [9.17, 15) is 0 Å². The number of fused-ring (bicyclic) bond motifs is 1. The van der Waals surface area contributed by atoms with E-state index < -0.39 is 0 Å². The smallest absolute Gasteiger partial charge is 0.229 e. The lowest BCUT2D eigenvalue weighted by Gasteiger charge is -2.05. The number of hydrogen-bond acceptors (Lipinski definition) is 5. The number of halogens is 1. The summed E-state index contributed by atoms with van der Waals surface area (Å²) in [6.45, 7) is 0.670. The molecule has 120 valence electrons. The number of nitrogens with one attached hydrogen (secondary N) is 1. The van der Waals surface area contributed by atoms with E-state index in [0.29, 0.717) is 12.5 Å². The minimum Gasteiger partial charge on any atom is -0.321 e. The van der Waals surface area contributed by atoms with E-state index in [0.717, 1.165) is 16.7 Å². The highest BCUT2D eigenvalue weighted by molar-refractivity contribution is 14.1. The second-order valence-corrected chi connectivity index (χ2v) is 6.68. The van der Waals surface area contributed by atoms with E-state index in [1.807, 2.05) is 24.0 Å². The molecule has 24 heavy (non-hydrogen) atoms. The molecule has 3 aromatic heterocycles. The topological polar surface area (TPSA) is 73.5 Å². The number of rotatable bonds is 4. The van der Waals surface area contributed by atoms with Gasteiger partial charge in [-0.05, 0) is 40.3 Å². The molecule has 0 amide bonds. The molecular formula is C16H14IN7. The number of benzene rings is 1. The van der Waals surface area contributed by atoms with Gasteiger partial charge < -0.3 is 5.32 Å². The van der Waals surface area contributed by atoms with Gasteiger partial charge in [0.25, 0.3) is 0 Å². The molecule has 1 N–H and O–H groups in total. The lowest BCUT2D eigenvalue weighted by Crippen LogP contribution is -2.04. The lowest BCUT2D eigenvalue weighted by molar-refractivity contribution is 0.704. The van der Waals surface area contributed by atoms with Crippen molar-refractivity contribution in [2.24, 2.45) is 7.05 Å². The summed E-state index contributed by atoms with van der Waals surface area (Å²) >= 11 is 2.31. The molecule has 3 heterocycles. The minimum absolute atomic E-state index is 0.528. The van der Waals surface area contributed by atoms with Gasteiger partial charge in [-0.2, -0.15) is 15.2 Å². The van der Waals surface area contributed by atoms with Crippen molar-refractivity contribution in [2.45, 2.75) is 6.54 Å². The second kappa shape index (κ2) is 6.19. The van der Waals surface area contributed by atoms with Gasteiger partial charge in [0.05, 0.1) is 30.0 Å². The molecule has 1 aromatic carbocycles. The van der Waals surface area contributed by atoms with Crippen molar-refractivity contribution < 1.29 is 0 Å². The summed E-state index contributed by atoms with van der Waals surface area (Å²) in [6.07, 6.45) is 7.17. The van der Waals surface area contributed by atoms with Crippen LogP contribution in [0.3, 0.4) is 0 Å². The standard InChI is InChI=1S/C16H14IN7/c1-23-10-14(8-19-23)21-16-18-6-12-7-20-24(15(12)22-16)9-11-3-2-4-13(17)5-11/h2-8,10H,9H2,1H3,(H,18,21,22). The average molecular weight is 431 g/mol. The Hall–Kier alpha value is -2.49. The van der Waals surface area contributed by atoms with Gasteiger partial charge in [0.15, 0.2) is 5.65 Å². The highest BCUT2D eigenvalue weighted by atomic mass is 127. The van der Waals surface area contributed by atoms with Gasteiger partial charge in [-0.1, -0.05) is 12.1 Å². The molecule has 0 spiro atoms. The van der Waals surface area contributed by atoms with Crippen molar-refractivity contribution in [1.29, 1.82) is 0 Å². The lowest BCUT2D eigenvalue weighted by atomic mass is 10.2. The molecule has 0 aliphatic heterocycles. The molecule has 0 atom stereocenters. The molecular weight excluding hydrogens is 417 g/mol. The predicted molar refractivity (Wildman–Crippen MR) is 100 cm³/mol. The third-order valence-corrected chi connectivity index (χ3v) is 4.23. The van der Waals surface area contributed by atoms with Crippen molar-refractivity contribution in [2.75, 3.05) is 5.32 Å². The molecule has 0 fully saturated rings. The van der Waals surface area contributed by atoms with E-state index in [4.69, 9.17) is 0 Å². The number of nitrogens with zero attached hydrogens (tertiary/aromatic N) is 6. The first-order valence-corrected chi connectivity index (χ1v) is 8.44. The molecule has 0 aliphatic rings. The van der Waals surface area contributed by atoms with Crippen LogP contribution >= 0.6 is 22.6 Å². The van der Waals surface area contributed by atoms with Gasteiger partial charge in [-0.3, -0.25) is 4.68 Å². The quantitative estimate of drug-likeness (QED) is 0.503. The Labute approximate surface area is 151 Å². The van der Waals surface area contributed by atoms with Crippen LogP contribution in [0.4, 0.5) is 11.6 Å². The third-order valence-electron chi connectivity index (χ3n) is 3.56. The molecule has 4 rings (SSSR count).